The molecule has 0 bridgehead atoms. The van der Waals surface area contributed by atoms with Crippen molar-refractivity contribution in [1.29, 1.82) is 0 Å². The zero-order valence-electron chi connectivity index (χ0n) is 16.9. The third kappa shape index (κ3) is 5.09. The first-order valence-electron chi connectivity index (χ1n) is 9.87. The molecule has 0 aliphatic carbocycles. The Morgan fingerprint density at radius 3 is 2.31 bits per heavy atom. The van der Waals surface area contributed by atoms with E-state index in [-0.39, 0.29) is 6.03 Å². The van der Waals surface area contributed by atoms with Crippen LogP contribution in [-0.4, -0.2) is 62.9 Å². The first kappa shape index (κ1) is 21.6. The monoisotopic (exact) mass is 436 g/mol. The molecule has 0 saturated carbocycles. The van der Waals surface area contributed by atoms with Crippen LogP contribution in [0, 0.1) is 0 Å². The van der Waals surface area contributed by atoms with Crippen molar-refractivity contribution in [3.05, 3.63) is 47.3 Å². The van der Waals surface area contributed by atoms with E-state index in [9.17, 15) is 13.2 Å². The Bertz CT molecular complexity index is 903. The highest BCUT2D eigenvalue weighted by atomic mass is 32.2. The number of carbonyl (C=O) groups is 1. The third-order valence-corrected chi connectivity index (χ3v) is 8.64. The predicted molar refractivity (Wildman–Crippen MR) is 117 cm³/mol. The summed E-state index contributed by atoms with van der Waals surface area (Å²) in [6.07, 6.45) is 0. The molecule has 3 rings (SSSR count). The molecule has 2 heterocycles. The summed E-state index contributed by atoms with van der Waals surface area (Å²) >= 11 is 1.21. The average molecular weight is 437 g/mol. The normalized spacial score (nSPS) is 15.0. The zero-order valence-corrected chi connectivity index (χ0v) is 18.5. The molecule has 0 atom stereocenters. The molecule has 158 valence electrons. The summed E-state index contributed by atoms with van der Waals surface area (Å²) in [6.45, 7) is 7.78. The van der Waals surface area contributed by atoms with Crippen LogP contribution in [0.2, 0.25) is 0 Å². The molecule has 1 aromatic carbocycles. The fourth-order valence-corrected chi connectivity index (χ4v) is 6.27. The molecule has 1 fully saturated rings. The molecule has 0 radical (unpaired) electrons. The number of urea groups is 1. The van der Waals surface area contributed by atoms with Crippen LogP contribution in [0.15, 0.2) is 46.7 Å². The van der Waals surface area contributed by atoms with E-state index in [1.165, 1.54) is 21.3 Å². The number of sulfonamides is 1. The fourth-order valence-electron chi connectivity index (χ4n) is 3.36. The van der Waals surface area contributed by atoms with E-state index in [4.69, 9.17) is 0 Å². The molecule has 29 heavy (non-hydrogen) atoms. The number of hydrogen-bond acceptors (Lipinski definition) is 5. The Balaban J connectivity index is 1.51. The zero-order chi connectivity index (χ0) is 20.9. The summed E-state index contributed by atoms with van der Waals surface area (Å²) in [4.78, 5) is 17.4. The number of rotatable bonds is 7. The van der Waals surface area contributed by atoms with Crippen LogP contribution in [0.4, 0.5) is 10.5 Å². The number of amides is 2. The number of anilines is 1. The predicted octanol–water partition coefficient (Wildman–Crippen LogP) is 2.81. The standard InChI is InChI=1S/C20H28N4O3S2/c1-3-24(4-2)29(26,27)19-11-10-18(28-19)16-21-20(25)23-14-12-22(13-15-23)17-8-6-5-7-9-17/h5-11H,3-4,12-16H2,1-2H3,(H,21,25). The van der Waals surface area contributed by atoms with Gasteiger partial charge in [0.15, 0.2) is 0 Å². The fraction of sp³-hybridized carbons (Fsp3) is 0.450. The van der Waals surface area contributed by atoms with Crippen molar-refractivity contribution >= 4 is 33.1 Å². The van der Waals surface area contributed by atoms with Gasteiger partial charge in [-0.1, -0.05) is 32.0 Å². The van der Waals surface area contributed by atoms with Gasteiger partial charge >= 0.3 is 6.03 Å². The molecule has 1 saturated heterocycles. The highest BCUT2D eigenvalue weighted by Gasteiger charge is 2.24. The van der Waals surface area contributed by atoms with Gasteiger partial charge in [-0.3, -0.25) is 0 Å². The van der Waals surface area contributed by atoms with E-state index in [0.717, 1.165) is 18.0 Å². The van der Waals surface area contributed by atoms with Gasteiger partial charge in [0.25, 0.3) is 10.0 Å². The van der Waals surface area contributed by atoms with Gasteiger partial charge in [0.05, 0.1) is 6.54 Å². The Hall–Kier alpha value is -2.10. The van der Waals surface area contributed by atoms with Crippen molar-refractivity contribution in [1.82, 2.24) is 14.5 Å². The maximum absolute atomic E-state index is 12.6. The van der Waals surface area contributed by atoms with Crippen molar-refractivity contribution in [3.63, 3.8) is 0 Å². The second-order valence-electron chi connectivity index (χ2n) is 6.78. The molecule has 0 spiro atoms. The summed E-state index contributed by atoms with van der Waals surface area (Å²) in [7, 11) is -3.45. The number of hydrogen-bond donors (Lipinski definition) is 1. The molecule has 2 amide bonds. The molecular weight excluding hydrogens is 408 g/mol. The lowest BCUT2D eigenvalue weighted by molar-refractivity contribution is 0.194. The lowest BCUT2D eigenvalue weighted by atomic mass is 10.2. The van der Waals surface area contributed by atoms with Crippen LogP contribution in [0.3, 0.4) is 0 Å². The Labute approximate surface area is 177 Å². The number of carbonyl (C=O) groups excluding carboxylic acids is 1. The van der Waals surface area contributed by atoms with E-state index < -0.39 is 10.0 Å². The summed E-state index contributed by atoms with van der Waals surface area (Å²) in [5.74, 6) is 0. The molecule has 1 aliphatic heterocycles. The van der Waals surface area contributed by atoms with Crippen LogP contribution in [0.1, 0.15) is 18.7 Å². The second-order valence-corrected chi connectivity index (χ2v) is 10.1. The molecule has 7 nitrogen and oxygen atoms in total. The van der Waals surface area contributed by atoms with E-state index in [2.05, 4.69) is 22.3 Å². The first-order chi connectivity index (χ1) is 14.0. The lowest BCUT2D eigenvalue weighted by Gasteiger charge is -2.36. The lowest BCUT2D eigenvalue weighted by Crippen LogP contribution is -2.51. The number of piperazine rings is 1. The van der Waals surface area contributed by atoms with E-state index in [0.29, 0.717) is 36.9 Å². The molecule has 1 aromatic heterocycles. The minimum Gasteiger partial charge on any atom is -0.368 e. The summed E-state index contributed by atoms with van der Waals surface area (Å²) in [5.41, 5.74) is 1.17. The smallest absolute Gasteiger partial charge is 0.317 e. The number of para-hydroxylation sites is 1. The number of nitrogens with zero attached hydrogens (tertiary/aromatic N) is 3. The summed E-state index contributed by atoms with van der Waals surface area (Å²) < 4.78 is 26.9. The van der Waals surface area contributed by atoms with Gasteiger partial charge in [0.2, 0.25) is 0 Å². The van der Waals surface area contributed by atoms with Crippen LogP contribution >= 0.6 is 11.3 Å². The molecule has 1 N–H and O–H groups in total. The van der Waals surface area contributed by atoms with Crippen molar-refractivity contribution in [3.8, 4) is 0 Å². The molecule has 1 aliphatic rings. The maximum Gasteiger partial charge on any atom is 0.317 e. The highest BCUT2D eigenvalue weighted by molar-refractivity contribution is 7.91. The summed E-state index contributed by atoms with van der Waals surface area (Å²) in [5, 5.41) is 2.92. The maximum atomic E-state index is 12.6. The van der Waals surface area contributed by atoms with Gasteiger partial charge in [-0.25, -0.2) is 13.2 Å². The average Bonchev–Trinajstić information content (AvgIpc) is 3.23. The molecule has 2 aromatic rings. The molecular formula is C20H28N4O3S2. The first-order valence-corrected chi connectivity index (χ1v) is 12.1. The van der Waals surface area contributed by atoms with Crippen molar-refractivity contribution < 1.29 is 13.2 Å². The Kier molecular flexibility index (Phi) is 7.15. The highest BCUT2D eigenvalue weighted by Crippen LogP contribution is 2.25. The van der Waals surface area contributed by atoms with Gasteiger partial charge in [-0.05, 0) is 24.3 Å². The van der Waals surface area contributed by atoms with Crippen molar-refractivity contribution in [2.24, 2.45) is 0 Å². The van der Waals surface area contributed by atoms with Gasteiger partial charge in [0.1, 0.15) is 4.21 Å². The Morgan fingerprint density at radius 2 is 1.69 bits per heavy atom. The van der Waals surface area contributed by atoms with Gasteiger partial charge in [-0.2, -0.15) is 4.31 Å². The van der Waals surface area contributed by atoms with E-state index in [1.807, 2.05) is 32.0 Å². The number of thiophene rings is 1. The van der Waals surface area contributed by atoms with Crippen LogP contribution in [-0.2, 0) is 16.6 Å². The quantitative estimate of drug-likeness (QED) is 0.724. The minimum absolute atomic E-state index is 0.112. The largest absolute Gasteiger partial charge is 0.368 e. The third-order valence-electron chi connectivity index (χ3n) is 5.04. The number of nitrogens with one attached hydrogen (secondary N) is 1. The second kappa shape index (κ2) is 9.60. The van der Waals surface area contributed by atoms with Crippen LogP contribution in [0.5, 0.6) is 0 Å². The Morgan fingerprint density at radius 1 is 1.03 bits per heavy atom. The van der Waals surface area contributed by atoms with Crippen molar-refractivity contribution in [2.75, 3.05) is 44.2 Å². The molecule has 9 heteroatoms. The minimum atomic E-state index is -3.45. The molecule has 0 unspecified atom stereocenters. The van der Waals surface area contributed by atoms with Gasteiger partial charge in [0, 0.05) is 49.8 Å². The topological polar surface area (TPSA) is 73.0 Å². The van der Waals surface area contributed by atoms with Crippen LogP contribution < -0.4 is 10.2 Å². The van der Waals surface area contributed by atoms with Crippen molar-refractivity contribution in [2.45, 2.75) is 24.6 Å². The SMILES string of the molecule is CCN(CC)S(=O)(=O)c1ccc(CNC(=O)N2CCN(c3ccccc3)CC2)s1. The van der Waals surface area contributed by atoms with E-state index >= 15 is 0 Å². The summed E-state index contributed by atoms with van der Waals surface area (Å²) in [6, 6.07) is 13.5. The number of benzene rings is 1. The van der Waals surface area contributed by atoms with E-state index in [1.54, 1.807) is 17.0 Å². The van der Waals surface area contributed by atoms with Gasteiger partial charge < -0.3 is 15.1 Å². The van der Waals surface area contributed by atoms with Crippen LogP contribution in [0.25, 0.3) is 0 Å². The van der Waals surface area contributed by atoms with Gasteiger partial charge in [-0.15, -0.1) is 11.3 Å².